The van der Waals surface area contributed by atoms with Crippen molar-refractivity contribution in [3.63, 3.8) is 0 Å². The van der Waals surface area contributed by atoms with Crippen molar-refractivity contribution in [2.45, 2.75) is 24.4 Å². The van der Waals surface area contributed by atoms with Gasteiger partial charge in [0.2, 0.25) is 0 Å². The standard InChI is InChI=1S/C16H20FN3O2/c17-12-1-3-13(4-2-12)20-15(5-8-19-20)14(11-21)16(22)6-9-18-10-7-16/h1-5,8,14,18,21-22H,6-7,9-11H2. The summed E-state index contributed by atoms with van der Waals surface area (Å²) in [5.41, 5.74) is 0.480. The number of hydrogen-bond donors (Lipinski definition) is 3. The molecule has 0 spiro atoms. The monoisotopic (exact) mass is 305 g/mol. The first-order chi connectivity index (χ1) is 10.6. The second-order valence-electron chi connectivity index (χ2n) is 5.73. The Hall–Kier alpha value is -1.76. The molecule has 1 aromatic heterocycles. The van der Waals surface area contributed by atoms with Gasteiger partial charge in [0.25, 0.3) is 0 Å². The molecule has 1 atom stereocenters. The van der Waals surface area contributed by atoms with Crippen LogP contribution >= 0.6 is 0 Å². The Bertz CT molecular complexity index is 621. The van der Waals surface area contributed by atoms with E-state index in [9.17, 15) is 14.6 Å². The molecule has 1 aliphatic rings. The number of benzene rings is 1. The fraction of sp³-hybridized carbons (Fsp3) is 0.438. The molecule has 1 unspecified atom stereocenters. The third kappa shape index (κ3) is 2.77. The van der Waals surface area contributed by atoms with Crippen molar-refractivity contribution < 1.29 is 14.6 Å². The number of aliphatic hydroxyl groups excluding tert-OH is 1. The molecule has 118 valence electrons. The number of hydrogen-bond acceptors (Lipinski definition) is 4. The Morgan fingerprint density at radius 2 is 1.91 bits per heavy atom. The number of nitrogens with zero attached hydrogens (tertiary/aromatic N) is 2. The quantitative estimate of drug-likeness (QED) is 0.794. The van der Waals surface area contributed by atoms with E-state index in [-0.39, 0.29) is 12.4 Å². The van der Waals surface area contributed by atoms with E-state index in [1.54, 1.807) is 29.1 Å². The normalized spacial score (nSPS) is 19.0. The van der Waals surface area contributed by atoms with Gasteiger partial charge in [-0.2, -0.15) is 5.10 Å². The van der Waals surface area contributed by atoms with Crippen LogP contribution in [0.4, 0.5) is 4.39 Å². The van der Waals surface area contributed by atoms with E-state index in [1.165, 1.54) is 12.1 Å². The average molecular weight is 305 g/mol. The minimum absolute atomic E-state index is 0.163. The van der Waals surface area contributed by atoms with Crippen LogP contribution in [0.25, 0.3) is 5.69 Å². The van der Waals surface area contributed by atoms with Crippen LogP contribution in [0.1, 0.15) is 24.5 Å². The highest BCUT2D eigenvalue weighted by atomic mass is 19.1. The predicted octanol–water partition coefficient (Wildman–Crippen LogP) is 1.20. The Morgan fingerprint density at radius 1 is 1.23 bits per heavy atom. The highest BCUT2D eigenvalue weighted by Gasteiger charge is 2.40. The van der Waals surface area contributed by atoms with E-state index in [2.05, 4.69) is 10.4 Å². The van der Waals surface area contributed by atoms with Crippen LogP contribution < -0.4 is 5.32 Å². The zero-order chi connectivity index (χ0) is 15.6. The third-order valence-corrected chi connectivity index (χ3v) is 4.40. The molecule has 0 amide bonds. The predicted molar refractivity (Wildman–Crippen MR) is 80.4 cm³/mol. The highest BCUT2D eigenvalue weighted by molar-refractivity contribution is 5.34. The Labute approximate surface area is 128 Å². The molecular formula is C16H20FN3O2. The SMILES string of the molecule is OCC(c1ccnn1-c1ccc(F)cc1)C1(O)CCNCC1. The summed E-state index contributed by atoms with van der Waals surface area (Å²) in [5.74, 6) is -0.740. The van der Waals surface area contributed by atoms with Crippen molar-refractivity contribution in [1.82, 2.24) is 15.1 Å². The molecule has 6 heteroatoms. The molecule has 0 aliphatic carbocycles. The largest absolute Gasteiger partial charge is 0.396 e. The van der Waals surface area contributed by atoms with Gasteiger partial charge in [-0.1, -0.05) is 0 Å². The van der Waals surface area contributed by atoms with E-state index in [0.717, 1.165) is 18.8 Å². The van der Waals surface area contributed by atoms with Crippen LogP contribution in [0.2, 0.25) is 0 Å². The maximum atomic E-state index is 13.1. The molecule has 0 radical (unpaired) electrons. The molecule has 1 aromatic carbocycles. The molecule has 1 aliphatic heterocycles. The zero-order valence-electron chi connectivity index (χ0n) is 12.2. The molecule has 0 saturated carbocycles. The smallest absolute Gasteiger partial charge is 0.123 e. The van der Waals surface area contributed by atoms with E-state index >= 15 is 0 Å². The number of nitrogens with one attached hydrogen (secondary N) is 1. The third-order valence-electron chi connectivity index (χ3n) is 4.40. The Morgan fingerprint density at radius 3 is 2.55 bits per heavy atom. The van der Waals surface area contributed by atoms with Crippen molar-refractivity contribution in [1.29, 1.82) is 0 Å². The van der Waals surface area contributed by atoms with Crippen LogP contribution in [0, 0.1) is 5.82 Å². The summed E-state index contributed by atoms with van der Waals surface area (Å²) >= 11 is 0. The molecule has 5 nitrogen and oxygen atoms in total. The number of aromatic nitrogens is 2. The van der Waals surface area contributed by atoms with Gasteiger partial charge in [-0.15, -0.1) is 0 Å². The van der Waals surface area contributed by atoms with Gasteiger partial charge in [0.1, 0.15) is 5.82 Å². The molecular weight excluding hydrogens is 285 g/mol. The fourth-order valence-electron chi connectivity index (χ4n) is 3.12. The van der Waals surface area contributed by atoms with Gasteiger partial charge in [-0.25, -0.2) is 9.07 Å². The summed E-state index contributed by atoms with van der Waals surface area (Å²) in [6, 6.07) is 7.80. The summed E-state index contributed by atoms with van der Waals surface area (Å²) in [5, 5.41) is 28.2. The Balaban J connectivity index is 1.97. The Kier molecular flexibility index (Phi) is 4.24. The maximum absolute atomic E-state index is 13.1. The number of rotatable bonds is 4. The van der Waals surface area contributed by atoms with Crippen LogP contribution in [0.15, 0.2) is 36.5 Å². The lowest BCUT2D eigenvalue weighted by atomic mass is 9.78. The molecule has 0 bridgehead atoms. The minimum Gasteiger partial charge on any atom is -0.396 e. The summed E-state index contributed by atoms with van der Waals surface area (Å²) in [6.07, 6.45) is 2.78. The summed E-state index contributed by atoms with van der Waals surface area (Å²) < 4.78 is 14.7. The first-order valence-electron chi connectivity index (χ1n) is 7.48. The molecule has 1 saturated heterocycles. The molecule has 3 rings (SSSR count). The van der Waals surface area contributed by atoms with Crippen molar-refractivity contribution in [2.75, 3.05) is 19.7 Å². The van der Waals surface area contributed by atoms with Gasteiger partial charge in [0.15, 0.2) is 0 Å². The number of aliphatic hydroxyl groups is 2. The second-order valence-corrected chi connectivity index (χ2v) is 5.73. The topological polar surface area (TPSA) is 70.3 Å². The van der Waals surface area contributed by atoms with Gasteiger partial charge in [-0.05, 0) is 56.3 Å². The van der Waals surface area contributed by atoms with Gasteiger partial charge in [-0.3, -0.25) is 0 Å². The lowest BCUT2D eigenvalue weighted by Crippen LogP contribution is -2.47. The van der Waals surface area contributed by atoms with Crippen molar-refractivity contribution in [3.8, 4) is 5.69 Å². The summed E-state index contributed by atoms with van der Waals surface area (Å²) in [6.45, 7) is 1.28. The highest BCUT2D eigenvalue weighted by Crippen LogP contribution is 2.35. The zero-order valence-corrected chi connectivity index (χ0v) is 12.2. The lowest BCUT2D eigenvalue weighted by molar-refractivity contribution is -0.0327. The van der Waals surface area contributed by atoms with Crippen molar-refractivity contribution in [3.05, 3.63) is 48.0 Å². The summed E-state index contributed by atoms with van der Waals surface area (Å²) in [4.78, 5) is 0. The maximum Gasteiger partial charge on any atom is 0.123 e. The van der Waals surface area contributed by atoms with E-state index in [4.69, 9.17) is 0 Å². The molecule has 22 heavy (non-hydrogen) atoms. The van der Waals surface area contributed by atoms with Crippen LogP contribution in [0.3, 0.4) is 0 Å². The average Bonchev–Trinajstić information content (AvgIpc) is 2.98. The second kappa shape index (κ2) is 6.16. The molecule has 2 aromatic rings. The lowest BCUT2D eigenvalue weighted by Gasteiger charge is -2.38. The van der Waals surface area contributed by atoms with Crippen LogP contribution in [-0.2, 0) is 0 Å². The first-order valence-corrected chi connectivity index (χ1v) is 7.48. The molecule has 2 heterocycles. The van der Waals surface area contributed by atoms with Crippen LogP contribution in [0.5, 0.6) is 0 Å². The van der Waals surface area contributed by atoms with Gasteiger partial charge < -0.3 is 15.5 Å². The van der Waals surface area contributed by atoms with Gasteiger partial charge in [0.05, 0.1) is 29.5 Å². The van der Waals surface area contributed by atoms with Crippen molar-refractivity contribution >= 4 is 0 Å². The number of piperidine rings is 1. The van der Waals surface area contributed by atoms with E-state index < -0.39 is 11.5 Å². The van der Waals surface area contributed by atoms with Crippen molar-refractivity contribution in [2.24, 2.45) is 0 Å². The van der Waals surface area contributed by atoms with Gasteiger partial charge >= 0.3 is 0 Å². The molecule has 3 N–H and O–H groups in total. The van der Waals surface area contributed by atoms with Gasteiger partial charge in [0, 0.05) is 6.20 Å². The van der Waals surface area contributed by atoms with E-state index in [0.29, 0.717) is 18.5 Å². The molecule has 1 fully saturated rings. The van der Waals surface area contributed by atoms with E-state index in [1.807, 2.05) is 0 Å². The number of halogens is 1. The first kappa shape index (κ1) is 15.1. The minimum atomic E-state index is -0.961. The van der Waals surface area contributed by atoms with Crippen LogP contribution in [-0.4, -0.2) is 45.3 Å². The fourth-order valence-corrected chi connectivity index (χ4v) is 3.12. The summed E-state index contributed by atoms with van der Waals surface area (Å²) in [7, 11) is 0.